The lowest BCUT2D eigenvalue weighted by molar-refractivity contribution is 0.00911. The highest BCUT2D eigenvalue weighted by molar-refractivity contribution is 5.94. The number of ether oxygens (including phenoxy) is 1. The van der Waals surface area contributed by atoms with Gasteiger partial charge in [-0.1, -0.05) is 37.1 Å². The molecule has 28 heavy (non-hydrogen) atoms. The lowest BCUT2D eigenvalue weighted by Crippen LogP contribution is -2.40. The number of benzene rings is 1. The van der Waals surface area contributed by atoms with Gasteiger partial charge in [-0.05, 0) is 70.2 Å². The summed E-state index contributed by atoms with van der Waals surface area (Å²) in [5.74, 6) is 0.129. The maximum Gasteiger partial charge on any atom is 0.253 e. The summed E-state index contributed by atoms with van der Waals surface area (Å²) in [5.41, 5.74) is 0.777. The Kier molecular flexibility index (Phi) is 10.9. The van der Waals surface area contributed by atoms with Crippen LogP contribution in [0.1, 0.15) is 68.1 Å². The Hall–Kier alpha value is -1.65. The van der Waals surface area contributed by atoms with Crippen molar-refractivity contribution in [2.45, 2.75) is 69.9 Å². The molecule has 0 unspecified atom stereocenters. The molecule has 0 heterocycles. The topological polar surface area (TPSA) is 41.6 Å². The molecule has 0 bridgehead atoms. The summed E-state index contributed by atoms with van der Waals surface area (Å²) in [6.45, 7) is 6.75. The Labute approximate surface area is 171 Å². The highest BCUT2D eigenvalue weighted by atomic mass is 16.5. The van der Waals surface area contributed by atoms with Gasteiger partial charge in [0.15, 0.2) is 0 Å². The van der Waals surface area contributed by atoms with E-state index in [-0.39, 0.29) is 5.91 Å². The van der Waals surface area contributed by atoms with E-state index in [1.54, 1.807) is 0 Å². The predicted octanol–water partition coefficient (Wildman–Crippen LogP) is 4.81. The summed E-state index contributed by atoms with van der Waals surface area (Å²) in [4.78, 5) is 14.5. The first-order valence-electron chi connectivity index (χ1n) is 11.0. The zero-order chi connectivity index (χ0) is 20.0. The molecule has 1 fully saturated rings. The van der Waals surface area contributed by atoms with Gasteiger partial charge in [-0.3, -0.25) is 4.79 Å². The third kappa shape index (κ3) is 8.15. The van der Waals surface area contributed by atoms with Gasteiger partial charge in [-0.15, -0.1) is 6.58 Å². The van der Waals surface area contributed by atoms with E-state index < -0.39 is 0 Å². The van der Waals surface area contributed by atoms with Crippen molar-refractivity contribution in [3.05, 3.63) is 48.6 Å². The monoisotopic (exact) mass is 386 g/mol. The first kappa shape index (κ1) is 22.6. The van der Waals surface area contributed by atoms with Gasteiger partial charge in [-0.25, -0.2) is 0 Å². The minimum Gasteiger partial charge on any atom is -0.378 e. The molecule has 4 heteroatoms. The van der Waals surface area contributed by atoms with Gasteiger partial charge in [0.1, 0.15) is 0 Å². The fraction of sp³-hybridized carbons (Fsp3) is 0.625. The second-order valence-electron chi connectivity index (χ2n) is 7.82. The molecule has 0 saturated heterocycles. The Bertz CT molecular complexity index is 553. The summed E-state index contributed by atoms with van der Waals surface area (Å²) in [6, 6.07) is 9.91. The third-order valence-corrected chi connectivity index (χ3v) is 5.66. The number of carbonyl (C=O) groups is 1. The van der Waals surface area contributed by atoms with E-state index in [4.69, 9.17) is 4.74 Å². The number of hydrogen-bond acceptors (Lipinski definition) is 3. The molecule has 1 aliphatic carbocycles. The number of carbonyl (C=O) groups excluding carboxylic acids is 1. The van der Waals surface area contributed by atoms with Crippen molar-refractivity contribution < 1.29 is 9.53 Å². The fourth-order valence-electron chi connectivity index (χ4n) is 3.83. The van der Waals surface area contributed by atoms with Crippen molar-refractivity contribution in [2.75, 3.05) is 26.7 Å². The van der Waals surface area contributed by atoms with Gasteiger partial charge in [0, 0.05) is 25.3 Å². The maximum absolute atomic E-state index is 12.6. The van der Waals surface area contributed by atoms with Crippen molar-refractivity contribution in [2.24, 2.45) is 0 Å². The van der Waals surface area contributed by atoms with Crippen LogP contribution in [0.3, 0.4) is 0 Å². The number of hydrogen-bond donors (Lipinski definition) is 1. The molecular formula is C24H38N2O2. The molecule has 0 radical (unpaired) electrons. The first-order valence-corrected chi connectivity index (χ1v) is 11.0. The molecule has 1 aromatic rings. The zero-order valence-corrected chi connectivity index (χ0v) is 17.6. The van der Waals surface area contributed by atoms with Crippen molar-refractivity contribution in [3.63, 3.8) is 0 Å². The summed E-state index contributed by atoms with van der Waals surface area (Å²) in [5, 5.41) is 3.43. The van der Waals surface area contributed by atoms with Gasteiger partial charge in [0.25, 0.3) is 5.91 Å². The number of nitrogens with one attached hydrogen (secondary N) is 1. The van der Waals surface area contributed by atoms with Crippen LogP contribution in [0.2, 0.25) is 0 Å². The molecule has 0 spiro atoms. The van der Waals surface area contributed by atoms with Crippen LogP contribution in [0, 0.1) is 0 Å². The van der Waals surface area contributed by atoms with Gasteiger partial charge < -0.3 is 15.0 Å². The van der Waals surface area contributed by atoms with Crippen LogP contribution in [0.15, 0.2) is 43.0 Å². The van der Waals surface area contributed by atoms with Crippen LogP contribution >= 0.6 is 0 Å². The van der Waals surface area contributed by atoms with Crippen molar-refractivity contribution in [1.82, 2.24) is 10.2 Å². The van der Waals surface area contributed by atoms with E-state index in [0.29, 0.717) is 12.1 Å². The minimum absolute atomic E-state index is 0.129. The van der Waals surface area contributed by atoms with Crippen LogP contribution in [-0.4, -0.2) is 49.7 Å². The Morgan fingerprint density at radius 2 is 1.82 bits per heavy atom. The smallest absolute Gasteiger partial charge is 0.253 e. The largest absolute Gasteiger partial charge is 0.378 e. The summed E-state index contributed by atoms with van der Waals surface area (Å²) >= 11 is 0. The standard InChI is InChI=1S/C24H38N2O2/c1-3-4-18-25-19-10-5-6-11-20-28-23-16-14-22(15-17-23)26(2)24(27)21-12-8-7-9-13-21/h3,7-9,12-13,22-23,25H,1,4-6,10-11,14-20H2,2H3/t22-,23-. The van der Waals surface area contributed by atoms with Gasteiger partial charge in [0.05, 0.1) is 6.10 Å². The van der Waals surface area contributed by atoms with E-state index >= 15 is 0 Å². The molecule has 2 rings (SSSR count). The van der Waals surface area contributed by atoms with Crippen LogP contribution < -0.4 is 5.32 Å². The highest BCUT2D eigenvalue weighted by Gasteiger charge is 2.27. The number of nitrogens with zero attached hydrogens (tertiary/aromatic N) is 1. The van der Waals surface area contributed by atoms with Crippen LogP contribution in [-0.2, 0) is 4.74 Å². The first-order chi connectivity index (χ1) is 13.7. The van der Waals surface area contributed by atoms with Crippen LogP contribution in [0.25, 0.3) is 0 Å². The summed E-state index contributed by atoms with van der Waals surface area (Å²) in [7, 11) is 1.94. The molecule has 156 valence electrons. The van der Waals surface area contributed by atoms with Gasteiger partial charge >= 0.3 is 0 Å². The number of unbranched alkanes of at least 4 members (excludes halogenated alkanes) is 3. The normalized spacial score (nSPS) is 19.3. The SMILES string of the molecule is C=CCCNCCCCCCO[C@H]1CC[C@H](N(C)C(=O)c2ccccc2)CC1. The molecule has 0 aromatic heterocycles. The Morgan fingerprint density at radius 1 is 1.11 bits per heavy atom. The Balaban J connectivity index is 1.51. The second-order valence-corrected chi connectivity index (χ2v) is 7.82. The highest BCUT2D eigenvalue weighted by Crippen LogP contribution is 2.25. The molecule has 1 aromatic carbocycles. The third-order valence-electron chi connectivity index (χ3n) is 5.66. The van der Waals surface area contributed by atoms with E-state index in [2.05, 4.69) is 11.9 Å². The number of rotatable bonds is 13. The fourth-order valence-corrected chi connectivity index (χ4v) is 3.83. The lowest BCUT2D eigenvalue weighted by Gasteiger charge is -2.34. The van der Waals surface area contributed by atoms with Crippen LogP contribution in [0.5, 0.6) is 0 Å². The van der Waals surface area contributed by atoms with Crippen molar-refractivity contribution >= 4 is 5.91 Å². The second kappa shape index (κ2) is 13.5. The molecule has 1 aliphatic rings. The van der Waals surface area contributed by atoms with Gasteiger partial charge in [0.2, 0.25) is 0 Å². The molecule has 1 saturated carbocycles. The average molecular weight is 387 g/mol. The quantitative estimate of drug-likeness (QED) is 0.391. The van der Waals surface area contributed by atoms with E-state index in [1.807, 2.05) is 48.4 Å². The maximum atomic E-state index is 12.6. The van der Waals surface area contributed by atoms with E-state index in [0.717, 1.165) is 63.8 Å². The Morgan fingerprint density at radius 3 is 2.54 bits per heavy atom. The molecule has 1 amide bonds. The average Bonchev–Trinajstić information content (AvgIpc) is 2.75. The minimum atomic E-state index is 0.129. The zero-order valence-electron chi connectivity index (χ0n) is 17.6. The van der Waals surface area contributed by atoms with E-state index in [9.17, 15) is 4.79 Å². The molecular weight excluding hydrogens is 348 g/mol. The molecule has 0 atom stereocenters. The predicted molar refractivity (Wildman–Crippen MR) is 117 cm³/mol. The van der Waals surface area contributed by atoms with E-state index in [1.165, 1.54) is 19.3 Å². The van der Waals surface area contributed by atoms with Crippen LogP contribution in [0.4, 0.5) is 0 Å². The summed E-state index contributed by atoms with van der Waals surface area (Å²) in [6.07, 6.45) is 12.5. The van der Waals surface area contributed by atoms with Crippen molar-refractivity contribution in [1.29, 1.82) is 0 Å². The lowest BCUT2D eigenvalue weighted by atomic mass is 9.91. The molecule has 0 aliphatic heterocycles. The molecule has 1 N–H and O–H groups in total. The molecule has 4 nitrogen and oxygen atoms in total. The number of amides is 1. The van der Waals surface area contributed by atoms with Crippen molar-refractivity contribution in [3.8, 4) is 0 Å². The van der Waals surface area contributed by atoms with Gasteiger partial charge in [-0.2, -0.15) is 0 Å². The summed E-state index contributed by atoms with van der Waals surface area (Å²) < 4.78 is 6.09.